The summed E-state index contributed by atoms with van der Waals surface area (Å²) in [5.41, 5.74) is 2.26. The number of hydrogen-bond acceptors (Lipinski definition) is 4. The number of benzene rings is 3. The van der Waals surface area contributed by atoms with Crippen LogP contribution in [-0.4, -0.2) is 49.2 Å². The molecule has 0 saturated carbocycles. The van der Waals surface area contributed by atoms with Crippen molar-refractivity contribution in [1.82, 2.24) is 4.90 Å². The molecule has 0 bridgehead atoms. The van der Waals surface area contributed by atoms with Crippen molar-refractivity contribution >= 4 is 34.4 Å². The third-order valence-corrected chi connectivity index (χ3v) is 4.53. The molecule has 4 nitrogen and oxygen atoms in total. The van der Waals surface area contributed by atoms with Crippen molar-refractivity contribution in [2.24, 2.45) is 0 Å². The van der Waals surface area contributed by atoms with Gasteiger partial charge in [-0.3, -0.25) is 4.90 Å². The molecule has 0 spiro atoms. The molecule has 1 N–H and O–H groups in total. The number of carbonyl (C=O) groups is 1. The average molecular weight is 472 g/mol. The number of likely N-dealkylation sites (N-methyl/N-ethyl adjacent to an activating group) is 1. The maximum Gasteiger partial charge on any atom is 0.330 e. The molecule has 0 aromatic heterocycles. The highest BCUT2D eigenvalue weighted by Gasteiger charge is 2.05. The van der Waals surface area contributed by atoms with Crippen LogP contribution in [0.4, 0.5) is 0 Å². The van der Waals surface area contributed by atoms with E-state index in [4.69, 9.17) is 9.84 Å². The Kier molecular flexibility index (Phi) is 18.4. The minimum Gasteiger partial charge on any atom is -0.461 e. The molecule has 5 heteroatoms. The predicted octanol–water partition coefficient (Wildman–Crippen LogP) is 6.41. The maximum absolute atomic E-state index is 12.0. The zero-order valence-electron chi connectivity index (χ0n) is 20.5. The number of halogens is 1. The van der Waals surface area contributed by atoms with Crippen LogP contribution in [0.15, 0.2) is 78.9 Å². The standard InChI is InChI=1S/C24H25NO2.C2H6.CH3Cl.CH4O/c1-2-25(19-21-8-4-3-5-9-21)16-17-27-24(26)15-13-20-12-14-22-10-6-7-11-23(22)18-20;3*1-2/h3-15,18H,2,16-17,19H2,1H3;1-2H3;1H3;2H,1H3/b15-13+;;;. The van der Waals surface area contributed by atoms with Gasteiger partial charge in [-0.25, -0.2) is 4.79 Å². The molecule has 3 aromatic carbocycles. The van der Waals surface area contributed by atoms with Crippen LogP contribution in [0.2, 0.25) is 0 Å². The Hall–Kier alpha value is -2.66. The lowest BCUT2D eigenvalue weighted by Gasteiger charge is -2.20. The minimum atomic E-state index is -0.307. The van der Waals surface area contributed by atoms with Crippen molar-refractivity contribution in [3.63, 3.8) is 0 Å². The van der Waals surface area contributed by atoms with Crippen molar-refractivity contribution in [2.45, 2.75) is 27.3 Å². The summed E-state index contributed by atoms with van der Waals surface area (Å²) < 4.78 is 5.35. The summed E-state index contributed by atoms with van der Waals surface area (Å²) in [6, 6.07) is 24.6. The van der Waals surface area contributed by atoms with Gasteiger partial charge in [0.05, 0.1) is 0 Å². The monoisotopic (exact) mass is 471 g/mol. The van der Waals surface area contributed by atoms with Gasteiger partial charge in [0.25, 0.3) is 0 Å². The molecule has 0 amide bonds. The van der Waals surface area contributed by atoms with Gasteiger partial charge >= 0.3 is 5.97 Å². The SMILES string of the molecule is CC.CCN(CCOC(=O)/C=C/c1ccc2ccccc2c1)Cc1ccccc1.CCl.CO. The molecule has 3 aromatic rings. The number of alkyl halides is 1. The molecule has 0 fully saturated rings. The lowest BCUT2D eigenvalue weighted by molar-refractivity contribution is -0.138. The molecule has 0 aliphatic rings. The molecule has 0 atom stereocenters. The van der Waals surface area contributed by atoms with Crippen molar-refractivity contribution in [3.05, 3.63) is 90.0 Å². The molecule has 0 aliphatic carbocycles. The third kappa shape index (κ3) is 12.2. The van der Waals surface area contributed by atoms with Gasteiger partial charge in [0.2, 0.25) is 0 Å². The van der Waals surface area contributed by atoms with Crippen LogP contribution in [0.3, 0.4) is 0 Å². The highest BCUT2D eigenvalue weighted by Crippen LogP contribution is 2.16. The van der Waals surface area contributed by atoms with Crippen molar-refractivity contribution < 1.29 is 14.6 Å². The number of rotatable bonds is 8. The second-order valence-electron chi connectivity index (χ2n) is 6.46. The van der Waals surface area contributed by atoms with Crippen molar-refractivity contribution in [2.75, 3.05) is 33.2 Å². The number of carbonyl (C=O) groups excluding carboxylic acids is 1. The lowest BCUT2D eigenvalue weighted by atomic mass is 10.1. The highest BCUT2D eigenvalue weighted by atomic mass is 35.5. The van der Waals surface area contributed by atoms with Gasteiger partial charge in [-0.2, -0.15) is 0 Å². The summed E-state index contributed by atoms with van der Waals surface area (Å²) >= 11 is 4.64. The minimum absolute atomic E-state index is 0.307. The predicted molar refractivity (Wildman–Crippen MR) is 143 cm³/mol. The van der Waals surface area contributed by atoms with E-state index in [0.717, 1.165) is 37.7 Å². The number of hydrogen-bond donors (Lipinski definition) is 1. The second-order valence-corrected chi connectivity index (χ2v) is 6.46. The topological polar surface area (TPSA) is 49.8 Å². The molecule has 0 heterocycles. The van der Waals surface area contributed by atoms with Gasteiger partial charge < -0.3 is 9.84 Å². The first-order valence-corrected chi connectivity index (χ1v) is 11.9. The van der Waals surface area contributed by atoms with Crippen LogP contribution in [0.25, 0.3) is 16.8 Å². The summed E-state index contributed by atoms with van der Waals surface area (Å²) in [5, 5.41) is 9.35. The van der Waals surface area contributed by atoms with Crippen molar-refractivity contribution in [1.29, 1.82) is 0 Å². The number of aliphatic hydroxyl groups excluding tert-OH is 1. The lowest BCUT2D eigenvalue weighted by Crippen LogP contribution is -2.27. The number of ether oxygens (including phenoxy) is 1. The highest BCUT2D eigenvalue weighted by molar-refractivity contribution is 6.15. The fraction of sp³-hybridized carbons (Fsp3) is 0.321. The average Bonchev–Trinajstić information content (AvgIpc) is 2.91. The number of aliphatic hydroxyl groups is 1. The maximum atomic E-state index is 12.0. The molecule has 33 heavy (non-hydrogen) atoms. The summed E-state index contributed by atoms with van der Waals surface area (Å²) in [5.74, 6) is -0.307. The molecule has 180 valence electrons. The quantitative estimate of drug-likeness (QED) is 0.234. The Morgan fingerprint density at radius 2 is 1.55 bits per heavy atom. The molecule has 0 unspecified atom stereocenters. The van der Waals surface area contributed by atoms with Gasteiger partial charge in [-0.05, 0) is 40.6 Å². The Balaban J connectivity index is 0.00000158. The first kappa shape index (κ1) is 30.3. The van der Waals surface area contributed by atoms with E-state index < -0.39 is 0 Å². The second kappa shape index (κ2) is 20.0. The Morgan fingerprint density at radius 3 is 2.18 bits per heavy atom. The van der Waals surface area contributed by atoms with E-state index in [1.807, 2.05) is 50.2 Å². The molecule has 0 radical (unpaired) electrons. The largest absolute Gasteiger partial charge is 0.461 e. The molecule has 0 aliphatic heterocycles. The van der Waals surface area contributed by atoms with E-state index in [1.165, 1.54) is 23.4 Å². The summed E-state index contributed by atoms with van der Waals surface area (Å²) in [6.45, 7) is 9.01. The molecular formula is C28H38ClNO3. The smallest absolute Gasteiger partial charge is 0.330 e. The van der Waals surface area contributed by atoms with Gasteiger partial charge in [0.1, 0.15) is 6.61 Å². The number of esters is 1. The summed E-state index contributed by atoms with van der Waals surface area (Å²) in [7, 11) is 1.00. The van der Waals surface area contributed by atoms with E-state index in [0.29, 0.717) is 6.61 Å². The fourth-order valence-corrected chi connectivity index (χ4v) is 2.99. The molecular weight excluding hydrogens is 434 g/mol. The van der Waals surface area contributed by atoms with Crippen LogP contribution in [-0.2, 0) is 16.1 Å². The Labute approximate surface area is 204 Å². The van der Waals surface area contributed by atoms with E-state index in [1.54, 1.807) is 6.08 Å². The number of nitrogens with zero attached hydrogens (tertiary/aromatic N) is 1. The van der Waals surface area contributed by atoms with Crippen LogP contribution in [0.5, 0.6) is 0 Å². The molecule has 0 saturated heterocycles. The van der Waals surface area contributed by atoms with Crippen LogP contribution in [0, 0.1) is 0 Å². The summed E-state index contributed by atoms with van der Waals surface area (Å²) in [6.07, 6.45) is 4.77. The van der Waals surface area contributed by atoms with Gasteiger partial charge in [-0.15, -0.1) is 11.6 Å². The Bertz CT molecular complexity index is 913. The first-order chi connectivity index (χ1) is 16.2. The fourth-order valence-electron chi connectivity index (χ4n) is 2.99. The van der Waals surface area contributed by atoms with Crippen LogP contribution in [0.1, 0.15) is 31.9 Å². The Morgan fingerprint density at radius 1 is 0.939 bits per heavy atom. The first-order valence-electron chi connectivity index (χ1n) is 11.2. The zero-order valence-corrected chi connectivity index (χ0v) is 21.3. The zero-order chi connectivity index (χ0) is 24.9. The van der Waals surface area contributed by atoms with Gasteiger partial charge in [0, 0.05) is 32.7 Å². The van der Waals surface area contributed by atoms with Crippen LogP contribution >= 0.6 is 11.6 Å². The normalized spacial score (nSPS) is 9.82. The molecule has 3 rings (SSSR count). The summed E-state index contributed by atoms with van der Waals surface area (Å²) in [4.78, 5) is 14.2. The van der Waals surface area contributed by atoms with Crippen LogP contribution < -0.4 is 0 Å². The van der Waals surface area contributed by atoms with E-state index in [-0.39, 0.29) is 5.97 Å². The van der Waals surface area contributed by atoms with Crippen molar-refractivity contribution in [3.8, 4) is 0 Å². The van der Waals surface area contributed by atoms with E-state index >= 15 is 0 Å². The van der Waals surface area contributed by atoms with E-state index in [9.17, 15) is 4.79 Å². The number of fused-ring (bicyclic) bond motifs is 1. The van der Waals surface area contributed by atoms with E-state index in [2.05, 4.69) is 59.8 Å². The van der Waals surface area contributed by atoms with Gasteiger partial charge in [-0.1, -0.05) is 87.5 Å². The van der Waals surface area contributed by atoms with Gasteiger partial charge in [0.15, 0.2) is 0 Å². The third-order valence-electron chi connectivity index (χ3n) is 4.53.